The number of hydrogen-bond acceptors (Lipinski definition) is 6. The van der Waals surface area contributed by atoms with Crippen LogP contribution in [0.1, 0.15) is 25.5 Å². The van der Waals surface area contributed by atoms with E-state index in [1.807, 2.05) is 40.6 Å². The lowest BCUT2D eigenvalue weighted by molar-refractivity contribution is 0.496. The van der Waals surface area contributed by atoms with Crippen molar-refractivity contribution >= 4 is 27.9 Å². The largest absolute Gasteiger partial charge is 0.341 e. The maximum Gasteiger partial charge on any atom is 0.293 e. The van der Waals surface area contributed by atoms with Crippen LogP contribution in [0.2, 0.25) is 0 Å². The van der Waals surface area contributed by atoms with E-state index in [-0.39, 0.29) is 18.1 Å². The van der Waals surface area contributed by atoms with E-state index in [4.69, 9.17) is 10.7 Å². The fraction of sp³-hybridized carbons (Fsp3) is 0.391. The third-order valence-electron chi connectivity index (χ3n) is 6.02. The molecule has 1 aromatic carbocycles. The molecule has 5 rings (SSSR count). The predicted octanol–water partition coefficient (Wildman–Crippen LogP) is 1.48. The fourth-order valence-corrected chi connectivity index (χ4v) is 4.47. The molecule has 1 aliphatic heterocycles. The Morgan fingerprint density at radius 3 is 2.94 bits per heavy atom. The van der Waals surface area contributed by atoms with Crippen molar-refractivity contribution < 1.29 is 0 Å². The standard InChI is InChI=1S/C23H26N8O/c1-3-4-12-30-21-18(26-23(30)29-11-7-8-16(24)14-29)13-25-31(22(21)32)15-19-17-9-5-6-10-20(17)28(2)27-19/h5-6,9-10,13,16H,7-8,11-12,14-15,24H2,1-2H3/t16-/m1/s1. The van der Waals surface area contributed by atoms with E-state index in [0.29, 0.717) is 24.1 Å². The summed E-state index contributed by atoms with van der Waals surface area (Å²) in [4.78, 5) is 20.4. The summed E-state index contributed by atoms with van der Waals surface area (Å²) in [6.45, 7) is 4.04. The Hall–Kier alpha value is -3.64. The van der Waals surface area contributed by atoms with Crippen molar-refractivity contribution in [2.45, 2.75) is 38.9 Å². The predicted molar refractivity (Wildman–Crippen MR) is 124 cm³/mol. The van der Waals surface area contributed by atoms with Gasteiger partial charge in [0.15, 0.2) is 0 Å². The van der Waals surface area contributed by atoms with Crippen LogP contribution in [0, 0.1) is 11.8 Å². The van der Waals surface area contributed by atoms with Crippen molar-refractivity contribution in [1.82, 2.24) is 29.1 Å². The summed E-state index contributed by atoms with van der Waals surface area (Å²) in [5.41, 5.74) is 8.91. The van der Waals surface area contributed by atoms with E-state index in [9.17, 15) is 4.79 Å². The van der Waals surface area contributed by atoms with E-state index in [1.54, 1.807) is 13.1 Å². The van der Waals surface area contributed by atoms with Crippen molar-refractivity contribution in [2.24, 2.45) is 12.8 Å². The Labute approximate surface area is 185 Å². The second-order valence-corrected chi connectivity index (χ2v) is 8.20. The highest BCUT2D eigenvalue weighted by atomic mass is 16.1. The van der Waals surface area contributed by atoms with E-state index < -0.39 is 0 Å². The highest BCUT2D eigenvalue weighted by Crippen LogP contribution is 2.23. The van der Waals surface area contributed by atoms with Crippen molar-refractivity contribution in [2.75, 3.05) is 18.0 Å². The molecule has 1 saturated heterocycles. The summed E-state index contributed by atoms with van der Waals surface area (Å²) < 4.78 is 5.19. The summed E-state index contributed by atoms with van der Waals surface area (Å²) >= 11 is 0. The molecule has 1 aliphatic rings. The molecule has 164 valence electrons. The van der Waals surface area contributed by atoms with Crippen LogP contribution in [0.15, 0.2) is 35.3 Å². The van der Waals surface area contributed by atoms with Crippen LogP contribution in [-0.4, -0.2) is 48.2 Å². The molecular weight excluding hydrogens is 404 g/mol. The van der Waals surface area contributed by atoms with E-state index >= 15 is 0 Å². The number of aryl methyl sites for hydroxylation is 1. The fourth-order valence-electron chi connectivity index (χ4n) is 4.47. The van der Waals surface area contributed by atoms with Gasteiger partial charge in [0.2, 0.25) is 5.95 Å². The number of para-hydroxylation sites is 1. The van der Waals surface area contributed by atoms with E-state index in [0.717, 1.165) is 41.9 Å². The number of imidazole rings is 1. The highest BCUT2D eigenvalue weighted by Gasteiger charge is 2.24. The molecule has 4 heterocycles. The lowest BCUT2D eigenvalue weighted by Crippen LogP contribution is -2.44. The smallest absolute Gasteiger partial charge is 0.293 e. The molecule has 2 N–H and O–H groups in total. The zero-order valence-corrected chi connectivity index (χ0v) is 18.3. The molecule has 9 nitrogen and oxygen atoms in total. The minimum atomic E-state index is -0.199. The van der Waals surface area contributed by atoms with Gasteiger partial charge in [-0.1, -0.05) is 24.1 Å². The molecule has 0 saturated carbocycles. The van der Waals surface area contributed by atoms with Crippen LogP contribution in [0.3, 0.4) is 0 Å². The van der Waals surface area contributed by atoms with Crippen molar-refractivity contribution in [3.8, 4) is 11.8 Å². The molecule has 32 heavy (non-hydrogen) atoms. The van der Waals surface area contributed by atoms with Crippen LogP contribution in [0.5, 0.6) is 0 Å². The Bertz CT molecular complexity index is 1420. The molecule has 3 aromatic heterocycles. The molecule has 1 fully saturated rings. The number of rotatable bonds is 4. The van der Waals surface area contributed by atoms with Crippen LogP contribution in [0.25, 0.3) is 21.9 Å². The van der Waals surface area contributed by atoms with Gasteiger partial charge in [0.1, 0.15) is 11.0 Å². The molecule has 0 aliphatic carbocycles. The minimum absolute atomic E-state index is 0.0986. The first-order valence-electron chi connectivity index (χ1n) is 10.8. The van der Waals surface area contributed by atoms with Gasteiger partial charge in [-0.15, -0.1) is 5.92 Å². The SMILES string of the molecule is CC#CCn1c(N2CCC[C@@H](N)C2)nc2cnn(Cc3nn(C)c4ccccc34)c(=O)c21. The average molecular weight is 431 g/mol. The van der Waals surface area contributed by atoms with Crippen LogP contribution in [0.4, 0.5) is 5.95 Å². The maximum absolute atomic E-state index is 13.5. The zero-order valence-electron chi connectivity index (χ0n) is 18.3. The minimum Gasteiger partial charge on any atom is -0.341 e. The third-order valence-corrected chi connectivity index (χ3v) is 6.02. The van der Waals surface area contributed by atoms with Gasteiger partial charge in [0.25, 0.3) is 5.56 Å². The van der Waals surface area contributed by atoms with Crippen molar-refractivity contribution in [3.63, 3.8) is 0 Å². The van der Waals surface area contributed by atoms with Gasteiger partial charge in [0, 0.05) is 31.6 Å². The monoisotopic (exact) mass is 430 g/mol. The van der Waals surface area contributed by atoms with E-state index in [2.05, 4.69) is 26.9 Å². The van der Waals surface area contributed by atoms with Gasteiger partial charge < -0.3 is 10.6 Å². The summed E-state index contributed by atoms with van der Waals surface area (Å²) in [5.74, 6) is 6.75. The molecule has 0 amide bonds. The van der Waals surface area contributed by atoms with Crippen molar-refractivity contribution in [3.05, 3.63) is 46.5 Å². The van der Waals surface area contributed by atoms with Gasteiger partial charge in [-0.2, -0.15) is 10.2 Å². The third kappa shape index (κ3) is 3.42. The Kier molecular flexibility index (Phi) is 5.15. The van der Waals surface area contributed by atoms with Crippen LogP contribution in [-0.2, 0) is 20.1 Å². The second kappa shape index (κ2) is 8.13. The molecular formula is C23H26N8O. The van der Waals surface area contributed by atoms with Crippen LogP contribution < -0.4 is 16.2 Å². The summed E-state index contributed by atoms with van der Waals surface area (Å²) in [7, 11) is 1.90. The first-order chi connectivity index (χ1) is 15.6. The average Bonchev–Trinajstić information content (AvgIpc) is 3.33. The first kappa shape index (κ1) is 20.3. The molecule has 0 bridgehead atoms. The number of fused-ring (bicyclic) bond motifs is 2. The van der Waals surface area contributed by atoms with Crippen molar-refractivity contribution in [1.29, 1.82) is 0 Å². The number of piperidine rings is 1. The Morgan fingerprint density at radius 2 is 2.12 bits per heavy atom. The number of hydrogen-bond donors (Lipinski definition) is 1. The Balaban J connectivity index is 1.61. The number of nitrogens with zero attached hydrogens (tertiary/aromatic N) is 7. The zero-order chi connectivity index (χ0) is 22.2. The first-order valence-corrected chi connectivity index (χ1v) is 10.8. The lowest BCUT2D eigenvalue weighted by atomic mass is 10.1. The number of nitrogens with two attached hydrogens (primary N) is 1. The Morgan fingerprint density at radius 1 is 1.28 bits per heavy atom. The van der Waals surface area contributed by atoms with Gasteiger partial charge >= 0.3 is 0 Å². The second-order valence-electron chi connectivity index (χ2n) is 8.20. The number of aromatic nitrogens is 6. The number of anilines is 1. The normalized spacial score (nSPS) is 16.5. The summed E-state index contributed by atoms with van der Waals surface area (Å²) in [5, 5.41) is 10.0. The quantitative estimate of drug-likeness (QED) is 0.492. The van der Waals surface area contributed by atoms with Gasteiger partial charge in [-0.3, -0.25) is 14.0 Å². The van der Waals surface area contributed by atoms with Gasteiger partial charge in [-0.25, -0.2) is 9.67 Å². The van der Waals surface area contributed by atoms with E-state index in [1.165, 1.54) is 4.68 Å². The lowest BCUT2D eigenvalue weighted by Gasteiger charge is -2.31. The molecule has 9 heteroatoms. The van der Waals surface area contributed by atoms with Crippen LogP contribution >= 0.6 is 0 Å². The maximum atomic E-state index is 13.5. The molecule has 0 radical (unpaired) electrons. The van der Waals surface area contributed by atoms with Gasteiger partial charge in [0.05, 0.1) is 30.5 Å². The number of benzene rings is 1. The molecule has 1 atom stereocenters. The highest BCUT2D eigenvalue weighted by molar-refractivity contribution is 5.82. The molecule has 0 unspecified atom stereocenters. The molecule has 0 spiro atoms. The summed E-state index contributed by atoms with van der Waals surface area (Å²) in [6.07, 6.45) is 3.65. The summed E-state index contributed by atoms with van der Waals surface area (Å²) in [6, 6.07) is 8.08. The topological polar surface area (TPSA) is 99.8 Å². The van der Waals surface area contributed by atoms with Gasteiger partial charge in [-0.05, 0) is 25.8 Å². The molecule has 4 aromatic rings.